The van der Waals surface area contributed by atoms with Gasteiger partial charge in [-0.3, -0.25) is 4.68 Å². The van der Waals surface area contributed by atoms with E-state index in [0.717, 1.165) is 18.9 Å². The second-order valence-electron chi connectivity index (χ2n) is 7.08. The zero-order valence-electron chi connectivity index (χ0n) is 13.4. The summed E-state index contributed by atoms with van der Waals surface area (Å²) in [6.07, 6.45) is 11.9. The highest BCUT2D eigenvalue weighted by Gasteiger charge is 2.35. The summed E-state index contributed by atoms with van der Waals surface area (Å²) < 4.78 is 3.36. The van der Waals surface area contributed by atoms with Gasteiger partial charge in [-0.1, -0.05) is 26.2 Å². The Kier molecular flexibility index (Phi) is 4.75. The van der Waals surface area contributed by atoms with Crippen LogP contribution in [-0.2, 0) is 19.9 Å². The molecule has 3 rings (SSSR count). The first-order valence-electron chi connectivity index (χ1n) is 8.57. The molecular formula is C17H28BrN3. The van der Waals surface area contributed by atoms with Gasteiger partial charge in [-0.2, -0.15) is 5.10 Å². The highest BCUT2D eigenvalue weighted by atomic mass is 79.9. The van der Waals surface area contributed by atoms with Gasteiger partial charge in [0, 0.05) is 19.6 Å². The molecule has 1 aromatic heterocycles. The Bertz CT molecular complexity index is 484. The van der Waals surface area contributed by atoms with E-state index in [0.29, 0.717) is 5.41 Å². The Hall–Kier alpha value is -0.350. The summed E-state index contributed by atoms with van der Waals surface area (Å²) in [5.74, 6) is 0. The SMILES string of the molecule is CCc1nn(C)c(CC2(CNC3CC3)CCCCC2)c1Br. The zero-order chi connectivity index (χ0) is 14.9. The van der Waals surface area contributed by atoms with Crippen LogP contribution in [0.4, 0.5) is 0 Å². The Morgan fingerprint density at radius 2 is 2.00 bits per heavy atom. The van der Waals surface area contributed by atoms with Crippen molar-refractivity contribution in [3.05, 3.63) is 15.9 Å². The van der Waals surface area contributed by atoms with Crippen LogP contribution in [0.25, 0.3) is 0 Å². The number of hydrogen-bond acceptors (Lipinski definition) is 2. The Balaban J connectivity index is 1.78. The standard InChI is InChI=1S/C17H28BrN3/c1-3-14-16(18)15(21(2)20-14)11-17(9-5-4-6-10-17)12-19-13-7-8-13/h13,19H,3-12H2,1-2H3. The van der Waals surface area contributed by atoms with E-state index >= 15 is 0 Å². The third kappa shape index (κ3) is 3.53. The van der Waals surface area contributed by atoms with Gasteiger partial charge >= 0.3 is 0 Å². The second kappa shape index (κ2) is 6.41. The quantitative estimate of drug-likeness (QED) is 0.837. The molecule has 2 saturated carbocycles. The van der Waals surface area contributed by atoms with Crippen molar-refractivity contribution < 1.29 is 0 Å². The molecule has 0 amide bonds. The van der Waals surface area contributed by atoms with E-state index in [9.17, 15) is 0 Å². The molecule has 21 heavy (non-hydrogen) atoms. The molecule has 0 saturated heterocycles. The van der Waals surface area contributed by atoms with Gasteiger partial charge in [-0.15, -0.1) is 0 Å². The van der Waals surface area contributed by atoms with Crippen LogP contribution < -0.4 is 5.32 Å². The molecule has 1 heterocycles. The second-order valence-corrected chi connectivity index (χ2v) is 7.87. The lowest BCUT2D eigenvalue weighted by atomic mass is 9.71. The van der Waals surface area contributed by atoms with Crippen LogP contribution in [0.2, 0.25) is 0 Å². The molecule has 1 aromatic rings. The molecule has 4 heteroatoms. The van der Waals surface area contributed by atoms with Crippen molar-refractivity contribution in [3.8, 4) is 0 Å². The lowest BCUT2D eigenvalue weighted by Crippen LogP contribution is -2.39. The van der Waals surface area contributed by atoms with Crippen LogP contribution >= 0.6 is 15.9 Å². The number of hydrogen-bond donors (Lipinski definition) is 1. The average molecular weight is 354 g/mol. The van der Waals surface area contributed by atoms with E-state index in [1.165, 1.54) is 67.4 Å². The fourth-order valence-corrected chi connectivity index (χ4v) is 4.49. The first-order chi connectivity index (χ1) is 10.1. The van der Waals surface area contributed by atoms with Crippen molar-refractivity contribution in [3.63, 3.8) is 0 Å². The van der Waals surface area contributed by atoms with Gasteiger partial charge in [-0.25, -0.2) is 0 Å². The maximum Gasteiger partial charge on any atom is 0.0766 e. The number of nitrogens with zero attached hydrogens (tertiary/aromatic N) is 2. The van der Waals surface area contributed by atoms with E-state index in [4.69, 9.17) is 0 Å². The van der Waals surface area contributed by atoms with Gasteiger partial charge in [0.2, 0.25) is 0 Å². The summed E-state index contributed by atoms with van der Waals surface area (Å²) in [7, 11) is 2.10. The van der Waals surface area contributed by atoms with Crippen LogP contribution in [0.1, 0.15) is 63.3 Å². The molecule has 0 radical (unpaired) electrons. The lowest BCUT2D eigenvalue weighted by molar-refractivity contribution is 0.176. The fraction of sp³-hybridized carbons (Fsp3) is 0.824. The third-order valence-electron chi connectivity index (χ3n) is 5.30. The molecule has 0 unspecified atom stereocenters. The third-order valence-corrected chi connectivity index (χ3v) is 6.22. The molecule has 0 atom stereocenters. The van der Waals surface area contributed by atoms with Crippen LogP contribution in [-0.4, -0.2) is 22.4 Å². The van der Waals surface area contributed by atoms with Gasteiger partial charge in [0.25, 0.3) is 0 Å². The topological polar surface area (TPSA) is 29.9 Å². The molecule has 2 aliphatic rings. The summed E-state index contributed by atoms with van der Waals surface area (Å²) in [6, 6.07) is 0.810. The normalized spacial score (nSPS) is 21.7. The monoisotopic (exact) mass is 353 g/mol. The number of aryl methyl sites for hydroxylation is 2. The van der Waals surface area contributed by atoms with Crippen LogP contribution in [0, 0.1) is 5.41 Å². The minimum atomic E-state index is 0.447. The Morgan fingerprint density at radius 1 is 1.29 bits per heavy atom. The van der Waals surface area contributed by atoms with Crippen LogP contribution in [0.15, 0.2) is 4.47 Å². The van der Waals surface area contributed by atoms with E-state index in [1.807, 2.05) is 0 Å². The first-order valence-corrected chi connectivity index (χ1v) is 9.36. The van der Waals surface area contributed by atoms with Gasteiger partial charge in [-0.05, 0) is 59.9 Å². The maximum atomic E-state index is 4.68. The molecular weight excluding hydrogens is 326 g/mol. The zero-order valence-corrected chi connectivity index (χ0v) is 15.0. The molecule has 0 aromatic carbocycles. The first kappa shape index (κ1) is 15.5. The number of rotatable bonds is 6. The van der Waals surface area contributed by atoms with Crippen LogP contribution in [0.5, 0.6) is 0 Å². The molecule has 0 bridgehead atoms. The molecule has 1 N–H and O–H groups in total. The van der Waals surface area contributed by atoms with E-state index in [-0.39, 0.29) is 0 Å². The summed E-state index contributed by atoms with van der Waals surface area (Å²) >= 11 is 3.80. The van der Waals surface area contributed by atoms with Crippen molar-refractivity contribution in [2.75, 3.05) is 6.54 Å². The predicted octanol–water partition coefficient (Wildman–Crippen LogP) is 3.99. The summed E-state index contributed by atoms with van der Waals surface area (Å²) in [5, 5.41) is 8.48. The number of nitrogens with one attached hydrogen (secondary N) is 1. The van der Waals surface area contributed by atoms with E-state index in [1.54, 1.807) is 0 Å². The lowest BCUT2D eigenvalue weighted by Gasteiger charge is -2.38. The van der Waals surface area contributed by atoms with Gasteiger partial charge in [0.1, 0.15) is 0 Å². The van der Waals surface area contributed by atoms with E-state index in [2.05, 4.69) is 45.0 Å². The smallest absolute Gasteiger partial charge is 0.0766 e. The number of halogens is 1. The van der Waals surface area contributed by atoms with Crippen LogP contribution in [0.3, 0.4) is 0 Å². The average Bonchev–Trinajstić information content (AvgIpc) is 3.29. The van der Waals surface area contributed by atoms with Crippen molar-refractivity contribution in [2.24, 2.45) is 12.5 Å². The molecule has 2 aliphatic carbocycles. The molecule has 2 fully saturated rings. The molecule has 0 aliphatic heterocycles. The van der Waals surface area contributed by atoms with Gasteiger partial charge in [0.15, 0.2) is 0 Å². The van der Waals surface area contributed by atoms with Crippen molar-refractivity contribution in [2.45, 2.75) is 70.8 Å². The highest BCUT2D eigenvalue weighted by molar-refractivity contribution is 9.10. The minimum Gasteiger partial charge on any atom is -0.313 e. The molecule has 118 valence electrons. The van der Waals surface area contributed by atoms with Gasteiger partial charge < -0.3 is 5.32 Å². The Labute approximate surface area is 137 Å². The van der Waals surface area contributed by atoms with Crippen molar-refractivity contribution >= 4 is 15.9 Å². The minimum absolute atomic E-state index is 0.447. The van der Waals surface area contributed by atoms with Gasteiger partial charge in [0.05, 0.1) is 15.9 Å². The van der Waals surface area contributed by atoms with Crippen molar-refractivity contribution in [1.82, 2.24) is 15.1 Å². The largest absolute Gasteiger partial charge is 0.313 e. The summed E-state index contributed by atoms with van der Waals surface area (Å²) in [4.78, 5) is 0. The van der Waals surface area contributed by atoms with E-state index < -0.39 is 0 Å². The van der Waals surface area contributed by atoms with Crippen molar-refractivity contribution in [1.29, 1.82) is 0 Å². The fourth-order valence-electron chi connectivity index (χ4n) is 3.73. The summed E-state index contributed by atoms with van der Waals surface area (Å²) in [6.45, 7) is 3.37. The molecule has 0 spiro atoms. The highest BCUT2D eigenvalue weighted by Crippen LogP contribution is 2.41. The Morgan fingerprint density at radius 3 is 2.57 bits per heavy atom. The maximum absolute atomic E-state index is 4.68. The predicted molar refractivity (Wildman–Crippen MR) is 90.5 cm³/mol. The summed E-state index contributed by atoms with van der Waals surface area (Å²) in [5.41, 5.74) is 3.04. The molecule has 3 nitrogen and oxygen atoms in total. The number of aromatic nitrogens is 2.